The summed E-state index contributed by atoms with van der Waals surface area (Å²) in [7, 11) is 0. The number of hydrogen-bond donors (Lipinski definition) is 4. The maximum atomic E-state index is 8.47. The molecule has 0 radical (unpaired) electrons. The number of nitrogens with zero attached hydrogens (tertiary/aromatic N) is 3. The first-order valence-electron chi connectivity index (χ1n) is 7.09. The second kappa shape index (κ2) is 10.3. The lowest BCUT2D eigenvalue weighted by molar-refractivity contribution is -0.969. The van der Waals surface area contributed by atoms with Gasteiger partial charge in [-0.25, -0.2) is 10.4 Å². The minimum atomic E-state index is -1.25. The van der Waals surface area contributed by atoms with Gasteiger partial charge in [0.25, 0.3) is 0 Å². The molecule has 8 nitrogen and oxygen atoms in total. The predicted molar refractivity (Wildman–Crippen MR) is 90.8 cm³/mol. The Morgan fingerprint density at radius 1 is 0.917 bits per heavy atom. The summed E-state index contributed by atoms with van der Waals surface area (Å²) in [5, 5.41) is 20.5. The molecule has 0 aliphatic rings. The number of nitrogens with two attached hydrogens (primary N) is 2. The van der Waals surface area contributed by atoms with E-state index in [-0.39, 0.29) is 5.96 Å². The lowest BCUT2D eigenvalue weighted by Gasteiger charge is -2.05. The van der Waals surface area contributed by atoms with Crippen LogP contribution in [0.5, 0.6) is 0 Å². The highest BCUT2D eigenvalue weighted by Gasteiger charge is 2.04. The summed E-state index contributed by atoms with van der Waals surface area (Å²) in [4.78, 5) is 8.47. The molecule has 0 fully saturated rings. The van der Waals surface area contributed by atoms with Gasteiger partial charge >= 0.3 is 5.09 Å². The molecular formula is C16H20N5O3+. The van der Waals surface area contributed by atoms with E-state index in [1.165, 1.54) is 5.56 Å². The zero-order valence-corrected chi connectivity index (χ0v) is 13.0. The zero-order chi connectivity index (χ0) is 17.8. The van der Waals surface area contributed by atoms with Crippen LogP contribution in [0.25, 0.3) is 0 Å². The van der Waals surface area contributed by atoms with Crippen molar-refractivity contribution in [3.8, 4) is 0 Å². The van der Waals surface area contributed by atoms with E-state index in [0.29, 0.717) is 0 Å². The molecule has 0 heterocycles. The summed E-state index contributed by atoms with van der Waals surface area (Å²) < 4.78 is 0. The smallest absolute Gasteiger partial charge is 0.369 e. The highest BCUT2D eigenvalue weighted by molar-refractivity contribution is 6.00. The third kappa shape index (κ3) is 8.13. The minimum Gasteiger partial charge on any atom is -0.369 e. The summed E-state index contributed by atoms with van der Waals surface area (Å²) in [5.74, 6) is -0.0295. The molecule has 24 heavy (non-hydrogen) atoms. The van der Waals surface area contributed by atoms with Crippen LogP contribution in [0, 0.1) is 4.91 Å². The number of rotatable bonds is 5. The summed E-state index contributed by atoms with van der Waals surface area (Å²) >= 11 is 0. The molecule has 0 unspecified atom stereocenters. The number of benzene rings is 2. The number of guanidine groups is 1. The summed E-state index contributed by atoms with van der Waals surface area (Å²) in [6, 6.07) is 20.2. The third-order valence-corrected chi connectivity index (χ3v) is 2.89. The Kier molecular flexibility index (Phi) is 8.02. The SMILES string of the molecule is NC(N)=N/N=C(\CCc1ccccc1)c1ccccc1.O=[N+](O)O. The van der Waals surface area contributed by atoms with Crippen molar-refractivity contribution in [1.82, 2.24) is 0 Å². The molecule has 8 heteroatoms. The van der Waals surface area contributed by atoms with Crippen molar-refractivity contribution in [2.75, 3.05) is 0 Å². The predicted octanol–water partition coefficient (Wildman–Crippen LogP) is 1.84. The molecule has 0 aliphatic heterocycles. The molecule has 0 spiro atoms. The van der Waals surface area contributed by atoms with Crippen molar-refractivity contribution >= 4 is 11.7 Å². The second-order valence-electron chi connectivity index (χ2n) is 4.68. The fourth-order valence-electron chi connectivity index (χ4n) is 1.91. The van der Waals surface area contributed by atoms with Crippen LogP contribution in [0.3, 0.4) is 0 Å². The van der Waals surface area contributed by atoms with Crippen LogP contribution in [-0.2, 0) is 6.42 Å². The average molecular weight is 330 g/mol. The van der Waals surface area contributed by atoms with Gasteiger partial charge in [-0.05, 0) is 24.0 Å². The maximum Gasteiger partial charge on any atom is 0.472 e. The van der Waals surface area contributed by atoms with Crippen LogP contribution in [0.15, 0.2) is 70.9 Å². The van der Waals surface area contributed by atoms with Gasteiger partial charge in [-0.15, -0.1) is 5.10 Å². The Labute approximate surface area is 139 Å². The maximum absolute atomic E-state index is 8.47. The van der Waals surface area contributed by atoms with Gasteiger partial charge < -0.3 is 11.5 Å². The molecular weight excluding hydrogens is 310 g/mol. The van der Waals surface area contributed by atoms with E-state index in [1.807, 2.05) is 48.5 Å². The van der Waals surface area contributed by atoms with Crippen LogP contribution in [0.2, 0.25) is 0 Å². The number of aryl methyl sites for hydroxylation is 1. The van der Waals surface area contributed by atoms with E-state index in [4.69, 9.17) is 26.8 Å². The highest BCUT2D eigenvalue weighted by Crippen LogP contribution is 2.10. The summed E-state index contributed by atoms with van der Waals surface area (Å²) in [6.07, 6.45) is 1.68. The standard InChI is InChI=1S/C16H18N4.H2NO3/c17-16(18)20-19-15(14-9-5-2-6-10-14)12-11-13-7-3-1-4-8-13;2-1(3)4/h1-10H,11-12H2,(H4,17,18,20);(H2,2,3,4)/q;+1/b19-15+;. The van der Waals surface area contributed by atoms with Gasteiger partial charge in [0.05, 0.1) is 5.71 Å². The molecule has 0 aliphatic carbocycles. The molecule has 0 atom stereocenters. The first-order valence-corrected chi connectivity index (χ1v) is 7.09. The minimum absolute atomic E-state index is 0.0295. The average Bonchev–Trinajstić information content (AvgIpc) is 2.56. The molecule has 0 saturated heterocycles. The summed E-state index contributed by atoms with van der Waals surface area (Å²) in [6.45, 7) is 0. The largest absolute Gasteiger partial charge is 0.472 e. The quantitative estimate of drug-likeness (QED) is 0.376. The Morgan fingerprint density at radius 2 is 1.42 bits per heavy atom. The van der Waals surface area contributed by atoms with Crippen LogP contribution in [0.1, 0.15) is 17.5 Å². The van der Waals surface area contributed by atoms with Gasteiger partial charge in [-0.1, -0.05) is 60.7 Å². The van der Waals surface area contributed by atoms with Gasteiger partial charge in [-0.3, -0.25) is 0 Å². The van der Waals surface area contributed by atoms with E-state index in [0.717, 1.165) is 24.1 Å². The molecule has 0 bridgehead atoms. The first-order chi connectivity index (χ1) is 11.5. The Hall–Kier alpha value is -3.42. The van der Waals surface area contributed by atoms with Crippen molar-refractivity contribution in [3.63, 3.8) is 0 Å². The van der Waals surface area contributed by atoms with E-state index < -0.39 is 5.09 Å². The fourth-order valence-corrected chi connectivity index (χ4v) is 1.91. The molecule has 126 valence electrons. The van der Waals surface area contributed by atoms with E-state index in [9.17, 15) is 0 Å². The van der Waals surface area contributed by atoms with Crippen molar-refractivity contribution in [1.29, 1.82) is 0 Å². The fraction of sp³-hybridized carbons (Fsp3) is 0.125. The van der Waals surface area contributed by atoms with Gasteiger partial charge in [0.15, 0.2) is 0 Å². The molecule has 0 aromatic heterocycles. The topological polar surface area (TPSA) is 137 Å². The Bertz CT molecular complexity index is 679. The van der Waals surface area contributed by atoms with Crippen molar-refractivity contribution in [3.05, 3.63) is 76.7 Å². The van der Waals surface area contributed by atoms with Crippen LogP contribution in [0.4, 0.5) is 0 Å². The molecule has 0 amide bonds. The van der Waals surface area contributed by atoms with E-state index in [2.05, 4.69) is 22.3 Å². The van der Waals surface area contributed by atoms with Gasteiger partial charge in [-0.2, -0.15) is 5.10 Å². The lowest BCUT2D eigenvalue weighted by atomic mass is 10.0. The normalized spacial score (nSPS) is 10.2. The van der Waals surface area contributed by atoms with E-state index >= 15 is 0 Å². The first kappa shape index (κ1) is 18.6. The summed E-state index contributed by atoms with van der Waals surface area (Å²) in [5.41, 5.74) is 13.9. The van der Waals surface area contributed by atoms with Crippen molar-refractivity contribution in [2.24, 2.45) is 21.7 Å². The molecule has 2 aromatic rings. The zero-order valence-electron chi connectivity index (χ0n) is 13.0. The number of hydrogen-bond acceptors (Lipinski definition) is 3. The van der Waals surface area contributed by atoms with Gasteiger partial charge in [0, 0.05) is 0 Å². The van der Waals surface area contributed by atoms with Crippen molar-refractivity contribution < 1.29 is 15.5 Å². The van der Waals surface area contributed by atoms with E-state index in [1.54, 1.807) is 0 Å². The van der Waals surface area contributed by atoms with Gasteiger partial charge in [0.2, 0.25) is 5.96 Å². The second-order valence-corrected chi connectivity index (χ2v) is 4.68. The molecule has 0 saturated carbocycles. The Balaban J connectivity index is 0.000000648. The Morgan fingerprint density at radius 3 is 1.92 bits per heavy atom. The van der Waals surface area contributed by atoms with Gasteiger partial charge in [0.1, 0.15) is 4.91 Å². The highest BCUT2D eigenvalue weighted by atomic mass is 16.9. The van der Waals surface area contributed by atoms with Crippen LogP contribution < -0.4 is 11.5 Å². The van der Waals surface area contributed by atoms with Crippen LogP contribution >= 0.6 is 0 Å². The van der Waals surface area contributed by atoms with Crippen LogP contribution in [-0.4, -0.2) is 27.2 Å². The molecule has 2 aromatic carbocycles. The van der Waals surface area contributed by atoms with Crippen molar-refractivity contribution in [2.45, 2.75) is 12.8 Å². The third-order valence-electron chi connectivity index (χ3n) is 2.89. The molecule has 2 rings (SSSR count). The monoisotopic (exact) mass is 330 g/mol. The molecule has 6 N–H and O–H groups in total. The lowest BCUT2D eigenvalue weighted by Crippen LogP contribution is -2.22.